The summed E-state index contributed by atoms with van der Waals surface area (Å²) in [7, 11) is -3.79. The van der Waals surface area contributed by atoms with Crippen LogP contribution in [0.4, 0.5) is 5.69 Å². The molecular weight excluding hydrogens is 534 g/mol. The van der Waals surface area contributed by atoms with Crippen molar-refractivity contribution in [2.75, 3.05) is 17.1 Å². The summed E-state index contributed by atoms with van der Waals surface area (Å²) in [6.07, 6.45) is 6.57. The highest BCUT2D eigenvalue weighted by Gasteiger charge is 2.34. The van der Waals surface area contributed by atoms with Crippen LogP contribution >= 0.6 is 0 Å². The van der Waals surface area contributed by atoms with Crippen molar-refractivity contribution in [3.8, 4) is 0 Å². The summed E-state index contributed by atoms with van der Waals surface area (Å²) >= 11 is 0. The van der Waals surface area contributed by atoms with E-state index in [0.29, 0.717) is 12.1 Å². The highest BCUT2D eigenvalue weighted by atomic mass is 32.2. The smallest absolute Gasteiger partial charge is 0.244 e. The molecule has 0 aromatic heterocycles. The lowest BCUT2D eigenvalue weighted by Gasteiger charge is -2.35. The van der Waals surface area contributed by atoms with Crippen molar-refractivity contribution in [3.05, 3.63) is 101 Å². The minimum Gasteiger partial charge on any atom is -0.352 e. The zero-order chi connectivity index (χ0) is 29.4. The van der Waals surface area contributed by atoms with Crippen molar-refractivity contribution in [1.82, 2.24) is 10.2 Å². The number of benzene rings is 3. The average Bonchev–Trinajstić information content (AvgIpc) is 2.95. The van der Waals surface area contributed by atoms with Crippen molar-refractivity contribution >= 4 is 27.5 Å². The van der Waals surface area contributed by atoms with E-state index in [1.54, 1.807) is 17.0 Å². The first-order valence-electron chi connectivity index (χ1n) is 14.3. The van der Waals surface area contributed by atoms with E-state index in [9.17, 15) is 18.0 Å². The van der Waals surface area contributed by atoms with Crippen LogP contribution in [0.3, 0.4) is 0 Å². The Labute approximate surface area is 244 Å². The predicted octanol–water partition coefficient (Wildman–Crippen LogP) is 5.16. The molecule has 1 saturated carbocycles. The van der Waals surface area contributed by atoms with E-state index in [-0.39, 0.29) is 18.5 Å². The quantitative estimate of drug-likeness (QED) is 0.342. The van der Waals surface area contributed by atoms with E-state index >= 15 is 0 Å². The molecule has 0 aliphatic heterocycles. The molecule has 1 atom stereocenters. The van der Waals surface area contributed by atoms with Gasteiger partial charge < -0.3 is 10.2 Å². The third-order valence-corrected chi connectivity index (χ3v) is 8.89. The Morgan fingerprint density at radius 3 is 2.12 bits per heavy atom. The highest BCUT2D eigenvalue weighted by molar-refractivity contribution is 7.92. The Balaban J connectivity index is 1.72. The first-order valence-corrected chi connectivity index (χ1v) is 16.2. The summed E-state index contributed by atoms with van der Waals surface area (Å²) in [4.78, 5) is 29.8. The van der Waals surface area contributed by atoms with E-state index in [1.165, 1.54) is 0 Å². The Morgan fingerprint density at radius 2 is 1.49 bits per heavy atom. The van der Waals surface area contributed by atoms with E-state index in [4.69, 9.17) is 0 Å². The third kappa shape index (κ3) is 8.43. The van der Waals surface area contributed by atoms with Gasteiger partial charge in [-0.15, -0.1) is 0 Å². The molecule has 4 rings (SSSR count). The second-order valence-electron chi connectivity index (χ2n) is 11.1. The largest absolute Gasteiger partial charge is 0.352 e. The number of hydrogen-bond acceptors (Lipinski definition) is 4. The first kappa shape index (κ1) is 30.3. The molecule has 1 fully saturated rings. The number of anilines is 1. The second-order valence-corrected chi connectivity index (χ2v) is 13.0. The number of sulfonamides is 1. The number of amides is 2. The molecule has 0 saturated heterocycles. The maximum Gasteiger partial charge on any atom is 0.244 e. The van der Waals surface area contributed by atoms with Crippen LogP contribution in [0.2, 0.25) is 0 Å². The molecule has 0 spiro atoms. The molecule has 1 aliphatic rings. The number of para-hydroxylation sites is 1. The number of carbonyl (C=O) groups excluding carboxylic acids is 2. The van der Waals surface area contributed by atoms with Crippen molar-refractivity contribution < 1.29 is 18.0 Å². The summed E-state index contributed by atoms with van der Waals surface area (Å²) in [5.74, 6) is -0.637. The van der Waals surface area contributed by atoms with Gasteiger partial charge in [0.2, 0.25) is 21.8 Å². The zero-order valence-electron chi connectivity index (χ0n) is 24.3. The lowest BCUT2D eigenvalue weighted by molar-refractivity contribution is -0.140. The number of carbonyl (C=O) groups is 2. The standard InChI is InChI=1S/C33H41N3O4S/c1-25-18-20-28(21-19-25)23-35(32(37)24-36(41(3,39)40)30-17-11-10-12-26(30)2)31(22-27-13-6-4-7-14-27)33(38)34-29-15-8-5-9-16-29/h4,6-7,10-14,17-21,29,31H,5,8-9,15-16,22-24H2,1-3H3,(H,34,38)/t31-/m0/s1. The van der Waals surface area contributed by atoms with Gasteiger partial charge in [0.05, 0.1) is 11.9 Å². The SMILES string of the molecule is Cc1ccc(CN(C(=O)CN(c2ccccc2C)S(C)(=O)=O)[C@@H](Cc2ccccc2)C(=O)NC2CCCCC2)cc1. The van der Waals surface area contributed by atoms with Gasteiger partial charge in [0.15, 0.2) is 0 Å². The zero-order valence-corrected chi connectivity index (χ0v) is 25.1. The molecule has 3 aromatic carbocycles. The van der Waals surface area contributed by atoms with E-state index in [0.717, 1.165) is 64.9 Å². The number of nitrogens with one attached hydrogen (secondary N) is 1. The maximum atomic E-state index is 14.2. The minimum atomic E-state index is -3.79. The number of rotatable bonds is 11. The van der Waals surface area contributed by atoms with Gasteiger partial charge in [-0.25, -0.2) is 8.42 Å². The van der Waals surface area contributed by atoms with Crippen molar-refractivity contribution in [2.45, 2.75) is 71.0 Å². The van der Waals surface area contributed by atoms with Gasteiger partial charge in [-0.1, -0.05) is 97.6 Å². The lowest BCUT2D eigenvalue weighted by atomic mass is 9.94. The molecule has 1 aliphatic carbocycles. The van der Waals surface area contributed by atoms with Crippen molar-refractivity contribution in [3.63, 3.8) is 0 Å². The van der Waals surface area contributed by atoms with Gasteiger partial charge >= 0.3 is 0 Å². The lowest BCUT2D eigenvalue weighted by Crippen LogP contribution is -2.55. The maximum absolute atomic E-state index is 14.2. The summed E-state index contributed by atoms with van der Waals surface area (Å²) < 4.78 is 27.1. The molecule has 1 N–H and O–H groups in total. The van der Waals surface area contributed by atoms with Crippen molar-refractivity contribution in [1.29, 1.82) is 0 Å². The Kier molecular flexibility index (Phi) is 10.2. The molecule has 41 heavy (non-hydrogen) atoms. The van der Waals surface area contributed by atoms with Gasteiger partial charge in [0.25, 0.3) is 0 Å². The third-order valence-electron chi connectivity index (χ3n) is 7.76. The topological polar surface area (TPSA) is 86.8 Å². The molecule has 3 aromatic rings. The molecule has 7 nitrogen and oxygen atoms in total. The van der Waals surface area contributed by atoms with E-state index in [2.05, 4.69) is 5.32 Å². The first-order chi connectivity index (χ1) is 19.6. The second kappa shape index (κ2) is 13.8. The van der Waals surface area contributed by atoms with Crippen LogP contribution in [0.15, 0.2) is 78.9 Å². The van der Waals surface area contributed by atoms with Crippen LogP contribution in [-0.2, 0) is 32.6 Å². The molecular formula is C33H41N3O4S. The van der Waals surface area contributed by atoms with Gasteiger partial charge in [-0.3, -0.25) is 13.9 Å². The Hall–Kier alpha value is -3.65. The van der Waals surface area contributed by atoms with Crippen LogP contribution in [0, 0.1) is 13.8 Å². The van der Waals surface area contributed by atoms with Crippen LogP contribution in [0.25, 0.3) is 0 Å². The van der Waals surface area contributed by atoms with Crippen LogP contribution < -0.4 is 9.62 Å². The molecule has 0 radical (unpaired) electrons. The summed E-state index contributed by atoms with van der Waals surface area (Å²) in [5, 5.41) is 3.23. The van der Waals surface area contributed by atoms with Gasteiger partial charge in [-0.2, -0.15) is 0 Å². The summed E-state index contributed by atoms with van der Waals surface area (Å²) in [5.41, 5.74) is 4.08. The average molecular weight is 576 g/mol. The van der Waals surface area contributed by atoms with E-state index < -0.39 is 28.5 Å². The van der Waals surface area contributed by atoms with Gasteiger partial charge in [0.1, 0.15) is 12.6 Å². The molecule has 0 unspecified atom stereocenters. The van der Waals surface area contributed by atoms with Gasteiger partial charge in [-0.05, 0) is 49.4 Å². The fourth-order valence-corrected chi connectivity index (χ4v) is 6.33. The Morgan fingerprint density at radius 1 is 0.854 bits per heavy atom. The Bertz CT molecular complexity index is 1420. The van der Waals surface area contributed by atoms with Crippen LogP contribution in [0.5, 0.6) is 0 Å². The highest BCUT2D eigenvalue weighted by Crippen LogP contribution is 2.24. The molecule has 0 bridgehead atoms. The fraction of sp³-hybridized carbons (Fsp3) is 0.394. The monoisotopic (exact) mass is 575 g/mol. The van der Waals surface area contributed by atoms with Crippen LogP contribution in [-0.4, -0.2) is 50.0 Å². The minimum absolute atomic E-state index is 0.0744. The van der Waals surface area contributed by atoms with E-state index in [1.807, 2.05) is 80.6 Å². The summed E-state index contributed by atoms with van der Waals surface area (Å²) in [6.45, 7) is 3.59. The molecule has 8 heteroatoms. The summed E-state index contributed by atoms with van der Waals surface area (Å²) in [6, 6.07) is 23.9. The van der Waals surface area contributed by atoms with Crippen LogP contribution in [0.1, 0.15) is 54.4 Å². The fourth-order valence-electron chi connectivity index (χ4n) is 5.43. The normalized spacial score (nSPS) is 14.7. The number of hydrogen-bond donors (Lipinski definition) is 1. The number of nitrogens with zero attached hydrogens (tertiary/aromatic N) is 2. The molecule has 0 heterocycles. The van der Waals surface area contributed by atoms with Crippen molar-refractivity contribution in [2.24, 2.45) is 0 Å². The number of aryl methyl sites for hydroxylation is 2. The molecule has 218 valence electrons. The van der Waals surface area contributed by atoms with Gasteiger partial charge in [0, 0.05) is 19.0 Å². The molecule has 2 amide bonds. The predicted molar refractivity (Wildman–Crippen MR) is 164 cm³/mol.